The van der Waals surface area contributed by atoms with Gasteiger partial charge in [0.1, 0.15) is 12.4 Å². The number of hydrogen-bond acceptors (Lipinski definition) is 3. The molecule has 1 aliphatic heterocycles. The summed E-state index contributed by atoms with van der Waals surface area (Å²) in [4.78, 5) is 2.37. The molecule has 0 radical (unpaired) electrons. The minimum atomic E-state index is 0.258. The van der Waals surface area contributed by atoms with Crippen molar-refractivity contribution in [3.8, 4) is 11.8 Å². The third-order valence-corrected chi connectivity index (χ3v) is 3.79. The van der Waals surface area contributed by atoms with Gasteiger partial charge in [-0.05, 0) is 50.2 Å². The molecule has 0 unspecified atom stereocenters. The number of rotatable bonds is 4. The summed E-state index contributed by atoms with van der Waals surface area (Å²) >= 11 is 3.40. The largest absolute Gasteiger partial charge is 0.492 e. The second-order valence-electron chi connectivity index (χ2n) is 4.55. The van der Waals surface area contributed by atoms with Crippen LogP contribution in [0.3, 0.4) is 0 Å². The summed E-state index contributed by atoms with van der Waals surface area (Å²) in [6.45, 7) is 3.68. The molecular weight excluding hydrogens is 292 g/mol. The van der Waals surface area contributed by atoms with Gasteiger partial charge in [-0.25, -0.2) is 0 Å². The number of hydrogen-bond donors (Lipinski definition) is 0. The van der Waals surface area contributed by atoms with E-state index in [0.717, 1.165) is 42.7 Å². The van der Waals surface area contributed by atoms with Crippen LogP contribution in [-0.4, -0.2) is 31.1 Å². The van der Waals surface area contributed by atoms with Crippen LogP contribution in [0.4, 0.5) is 0 Å². The van der Waals surface area contributed by atoms with Gasteiger partial charge >= 0.3 is 0 Å². The van der Waals surface area contributed by atoms with E-state index in [2.05, 4.69) is 26.9 Å². The number of nitriles is 1. The van der Waals surface area contributed by atoms with Gasteiger partial charge in [0, 0.05) is 16.9 Å². The highest BCUT2D eigenvalue weighted by molar-refractivity contribution is 9.10. The van der Waals surface area contributed by atoms with Gasteiger partial charge in [0.25, 0.3) is 0 Å². The fraction of sp³-hybridized carbons (Fsp3) is 0.500. The summed E-state index contributed by atoms with van der Waals surface area (Å²) in [6, 6.07) is 10.2. The first-order chi connectivity index (χ1) is 8.78. The molecule has 0 atom stereocenters. The van der Waals surface area contributed by atoms with E-state index >= 15 is 0 Å². The van der Waals surface area contributed by atoms with Crippen molar-refractivity contribution in [3.05, 3.63) is 28.7 Å². The second-order valence-corrected chi connectivity index (χ2v) is 5.46. The van der Waals surface area contributed by atoms with Gasteiger partial charge in [0.15, 0.2) is 0 Å². The van der Waals surface area contributed by atoms with Crippen LogP contribution in [0, 0.1) is 17.2 Å². The Morgan fingerprint density at radius 1 is 1.28 bits per heavy atom. The first kappa shape index (κ1) is 13.4. The minimum absolute atomic E-state index is 0.258. The summed E-state index contributed by atoms with van der Waals surface area (Å²) in [6.07, 6.45) is 1.99. The minimum Gasteiger partial charge on any atom is -0.492 e. The smallest absolute Gasteiger partial charge is 0.119 e. The Morgan fingerprint density at radius 2 is 1.94 bits per heavy atom. The van der Waals surface area contributed by atoms with E-state index in [1.807, 2.05) is 24.3 Å². The van der Waals surface area contributed by atoms with Gasteiger partial charge in [-0.3, -0.25) is 4.90 Å². The molecule has 1 fully saturated rings. The highest BCUT2D eigenvalue weighted by Crippen LogP contribution is 2.17. The van der Waals surface area contributed by atoms with Gasteiger partial charge in [0.2, 0.25) is 0 Å². The number of nitrogens with zero attached hydrogens (tertiary/aromatic N) is 2. The fourth-order valence-electron chi connectivity index (χ4n) is 2.11. The number of ether oxygens (including phenoxy) is 1. The van der Waals surface area contributed by atoms with Crippen LogP contribution in [-0.2, 0) is 0 Å². The van der Waals surface area contributed by atoms with Crippen LogP contribution in [0.1, 0.15) is 12.8 Å². The Balaban J connectivity index is 1.67. The van der Waals surface area contributed by atoms with Crippen molar-refractivity contribution in [2.24, 2.45) is 5.92 Å². The average Bonchev–Trinajstić information content (AvgIpc) is 2.42. The predicted molar refractivity (Wildman–Crippen MR) is 74.4 cm³/mol. The van der Waals surface area contributed by atoms with Crippen molar-refractivity contribution in [1.29, 1.82) is 5.26 Å². The molecule has 0 bridgehead atoms. The maximum Gasteiger partial charge on any atom is 0.119 e. The van der Waals surface area contributed by atoms with E-state index in [4.69, 9.17) is 10.00 Å². The highest BCUT2D eigenvalue weighted by atomic mass is 79.9. The van der Waals surface area contributed by atoms with Gasteiger partial charge < -0.3 is 4.74 Å². The first-order valence-electron chi connectivity index (χ1n) is 6.28. The molecule has 4 heteroatoms. The number of benzene rings is 1. The van der Waals surface area contributed by atoms with E-state index in [1.165, 1.54) is 0 Å². The zero-order valence-corrected chi connectivity index (χ0v) is 11.9. The number of piperidine rings is 1. The fourth-order valence-corrected chi connectivity index (χ4v) is 2.37. The average molecular weight is 309 g/mol. The van der Waals surface area contributed by atoms with Crippen LogP contribution in [0.5, 0.6) is 5.75 Å². The zero-order valence-electron chi connectivity index (χ0n) is 10.3. The summed E-state index contributed by atoms with van der Waals surface area (Å²) in [5, 5.41) is 8.83. The van der Waals surface area contributed by atoms with Crippen molar-refractivity contribution in [3.63, 3.8) is 0 Å². The summed E-state index contributed by atoms with van der Waals surface area (Å²) < 4.78 is 6.75. The van der Waals surface area contributed by atoms with Gasteiger partial charge in [-0.15, -0.1) is 0 Å². The molecule has 1 aromatic rings. The first-order valence-corrected chi connectivity index (χ1v) is 7.07. The van der Waals surface area contributed by atoms with E-state index in [1.54, 1.807) is 0 Å². The molecule has 0 amide bonds. The lowest BCUT2D eigenvalue weighted by atomic mass is 9.99. The molecule has 3 nitrogen and oxygen atoms in total. The van der Waals surface area contributed by atoms with Gasteiger partial charge in [-0.1, -0.05) is 15.9 Å². The monoisotopic (exact) mass is 308 g/mol. The lowest BCUT2D eigenvalue weighted by Crippen LogP contribution is -2.36. The third kappa shape index (κ3) is 4.01. The molecule has 18 heavy (non-hydrogen) atoms. The lowest BCUT2D eigenvalue weighted by molar-refractivity contribution is 0.169. The molecule has 0 aliphatic carbocycles. The van der Waals surface area contributed by atoms with Crippen LogP contribution >= 0.6 is 15.9 Å². The molecule has 0 spiro atoms. The van der Waals surface area contributed by atoms with Crippen molar-refractivity contribution in [1.82, 2.24) is 4.90 Å². The Labute approximate surface area is 116 Å². The normalized spacial score (nSPS) is 17.3. The van der Waals surface area contributed by atoms with E-state index < -0.39 is 0 Å². The topological polar surface area (TPSA) is 36.3 Å². The second kappa shape index (κ2) is 6.77. The third-order valence-electron chi connectivity index (χ3n) is 3.26. The maximum absolute atomic E-state index is 8.83. The Hall–Kier alpha value is -1.05. The standard InChI is InChI=1S/C14H17BrN2O/c15-13-1-3-14(4-2-13)18-10-9-17-7-5-12(11-16)6-8-17/h1-4,12H,5-10H2. The summed E-state index contributed by atoms with van der Waals surface area (Å²) in [5.41, 5.74) is 0. The van der Waals surface area contributed by atoms with Gasteiger partial charge in [0.05, 0.1) is 6.07 Å². The van der Waals surface area contributed by atoms with E-state index in [-0.39, 0.29) is 5.92 Å². The van der Waals surface area contributed by atoms with Crippen molar-refractivity contribution >= 4 is 15.9 Å². The quantitative estimate of drug-likeness (QED) is 0.857. The summed E-state index contributed by atoms with van der Waals surface area (Å²) in [7, 11) is 0. The van der Waals surface area contributed by atoms with Crippen LogP contribution < -0.4 is 4.74 Å². The molecule has 0 aromatic heterocycles. The van der Waals surface area contributed by atoms with Crippen molar-refractivity contribution in [2.75, 3.05) is 26.2 Å². The Kier molecular flexibility index (Phi) is 5.03. The maximum atomic E-state index is 8.83. The lowest BCUT2D eigenvalue weighted by Gasteiger charge is -2.28. The van der Waals surface area contributed by atoms with Crippen LogP contribution in [0.2, 0.25) is 0 Å². The molecule has 0 N–H and O–H groups in total. The van der Waals surface area contributed by atoms with Crippen molar-refractivity contribution < 1.29 is 4.74 Å². The molecule has 96 valence electrons. The number of halogens is 1. The molecule has 0 saturated carbocycles. The van der Waals surface area contributed by atoms with Crippen LogP contribution in [0.15, 0.2) is 28.7 Å². The van der Waals surface area contributed by atoms with Crippen LogP contribution in [0.25, 0.3) is 0 Å². The van der Waals surface area contributed by atoms with Crippen molar-refractivity contribution in [2.45, 2.75) is 12.8 Å². The Bertz CT molecular complexity index is 405. The highest BCUT2D eigenvalue weighted by Gasteiger charge is 2.18. The molecule has 1 saturated heterocycles. The summed E-state index contributed by atoms with van der Waals surface area (Å²) in [5.74, 6) is 1.17. The molecule has 1 aromatic carbocycles. The molecule has 1 heterocycles. The predicted octanol–water partition coefficient (Wildman–Crippen LogP) is 3.06. The SMILES string of the molecule is N#CC1CCN(CCOc2ccc(Br)cc2)CC1. The molecule has 2 rings (SSSR count). The molecular formula is C14H17BrN2O. The Morgan fingerprint density at radius 3 is 2.56 bits per heavy atom. The van der Waals surface area contributed by atoms with E-state index in [9.17, 15) is 0 Å². The number of likely N-dealkylation sites (tertiary alicyclic amines) is 1. The van der Waals surface area contributed by atoms with Gasteiger partial charge in [-0.2, -0.15) is 5.26 Å². The van der Waals surface area contributed by atoms with E-state index in [0.29, 0.717) is 6.61 Å². The zero-order chi connectivity index (χ0) is 12.8. The molecule has 1 aliphatic rings.